The molecule has 0 bridgehead atoms. The van der Waals surface area contributed by atoms with Gasteiger partial charge in [-0.25, -0.2) is 4.48 Å². The van der Waals surface area contributed by atoms with E-state index < -0.39 is 10.1 Å². The summed E-state index contributed by atoms with van der Waals surface area (Å²) in [7, 11) is -4.02. The van der Waals surface area contributed by atoms with E-state index in [0.717, 1.165) is 50.8 Å². The number of aryl methyl sites for hydroxylation is 1. The number of quaternary nitrogens is 1. The molecule has 0 aromatic heterocycles. The molecule has 0 saturated carbocycles. The molecule has 1 unspecified atom stereocenters. The molecule has 1 fully saturated rings. The maximum absolute atomic E-state index is 12.9. The van der Waals surface area contributed by atoms with Gasteiger partial charge in [0, 0.05) is 35.4 Å². The standard InChI is InChI=1S/C22H39INO2.C7H8O3S/c1-3-5-6-7-8-9-10-11-16-21(15-4-2)26-22(25)24(20-14-17-23)18-12-13-19-24;1-6-2-4-7(5-3-6)11(8,9)10/h21H,3-13,15-16,18-20H2,1-2H3;2-5H,1H3,(H,8,9,10)/q+1;. The van der Waals surface area contributed by atoms with Crippen molar-refractivity contribution in [2.75, 3.05) is 19.6 Å². The smallest absolute Gasteiger partial charge is 0.417 e. The summed E-state index contributed by atoms with van der Waals surface area (Å²) in [5.74, 6) is 3.11. The van der Waals surface area contributed by atoms with Crippen LogP contribution in [0.1, 0.15) is 103 Å². The summed E-state index contributed by atoms with van der Waals surface area (Å²) >= 11 is 2.06. The van der Waals surface area contributed by atoms with Crippen molar-refractivity contribution in [1.82, 2.24) is 0 Å². The van der Waals surface area contributed by atoms with Gasteiger partial charge in [0.05, 0.1) is 18.0 Å². The molecule has 1 N–H and O–H groups in total. The van der Waals surface area contributed by atoms with Crippen LogP contribution in [-0.2, 0) is 14.9 Å². The van der Waals surface area contributed by atoms with Crippen LogP contribution >= 0.6 is 22.6 Å². The highest BCUT2D eigenvalue weighted by atomic mass is 127. The van der Waals surface area contributed by atoms with Gasteiger partial charge in [-0.2, -0.15) is 13.2 Å². The van der Waals surface area contributed by atoms with E-state index in [4.69, 9.17) is 9.29 Å². The number of benzene rings is 1. The minimum Gasteiger partial charge on any atom is -0.417 e. The molecule has 0 aliphatic carbocycles. The molecular weight excluding hydrogens is 601 g/mol. The summed E-state index contributed by atoms with van der Waals surface area (Å²) in [5, 5.41) is 0. The lowest BCUT2D eigenvalue weighted by molar-refractivity contribution is -0.838. The number of rotatable bonds is 14. The minimum atomic E-state index is -4.02. The van der Waals surface area contributed by atoms with Gasteiger partial charge in [-0.3, -0.25) is 4.55 Å². The molecule has 210 valence electrons. The molecule has 0 spiro atoms. The predicted octanol–water partition coefficient (Wildman–Crippen LogP) is 8.07. The van der Waals surface area contributed by atoms with Crippen LogP contribution in [0.2, 0.25) is 0 Å². The number of likely N-dealkylation sites (tertiary alicyclic amines) is 1. The van der Waals surface area contributed by atoms with E-state index in [-0.39, 0.29) is 17.1 Å². The third kappa shape index (κ3) is 14.0. The fourth-order valence-corrected chi connectivity index (χ4v) is 5.23. The van der Waals surface area contributed by atoms with Crippen molar-refractivity contribution in [2.45, 2.75) is 115 Å². The highest BCUT2D eigenvalue weighted by molar-refractivity contribution is 14.1. The normalized spacial score (nSPS) is 15.2. The van der Waals surface area contributed by atoms with Gasteiger partial charge in [-0.1, -0.05) is 82.9 Å². The maximum atomic E-state index is 12.9. The number of ether oxygens (including phenoxy) is 1. The quantitative estimate of drug-likeness (QED) is 0.0726. The molecule has 2 rings (SSSR count). The first-order chi connectivity index (χ1) is 17.7. The number of hydrogen-bond donors (Lipinski definition) is 1. The number of halogens is 1. The molecule has 37 heavy (non-hydrogen) atoms. The van der Waals surface area contributed by atoms with E-state index in [1.807, 2.05) is 6.92 Å². The number of carbonyl (C=O) groups excluding carboxylic acids is 1. The van der Waals surface area contributed by atoms with Gasteiger partial charge in [0.25, 0.3) is 10.1 Å². The summed E-state index contributed by atoms with van der Waals surface area (Å²) in [6.45, 7) is 8.67. The van der Waals surface area contributed by atoms with E-state index in [0.29, 0.717) is 11.0 Å². The molecule has 1 amide bonds. The Labute approximate surface area is 239 Å². The number of hydrogen-bond acceptors (Lipinski definition) is 4. The summed E-state index contributed by atoms with van der Waals surface area (Å²) in [6.07, 6.45) is 15.9. The van der Waals surface area contributed by atoms with E-state index >= 15 is 0 Å². The number of carbonyl (C=O) groups is 1. The van der Waals surface area contributed by atoms with E-state index in [1.165, 1.54) is 63.5 Å². The second-order valence-corrected chi connectivity index (χ2v) is 12.0. The Morgan fingerprint density at radius 3 is 2.05 bits per heavy atom. The molecule has 1 atom stereocenters. The van der Waals surface area contributed by atoms with Crippen LogP contribution in [0.15, 0.2) is 29.2 Å². The first-order valence-electron chi connectivity index (χ1n) is 13.9. The van der Waals surface area contributed by atoms with Crippen molar-refractivity contribution in [3.8, 4) is 9.85 Å². The van der Waals surface area contributed by atoms with Gasteiger partial charge in [-0.05, 0) is 48.2 Å². The third-order valence-corrected chi connectivity index (χ3v) is 8.08. The van der Waals surface area contributed by atoms with Gasteiger partial charge in [0.2, 0.25) is 0 Å². The van der Waals surface area contributed by atoms with Crippen LogP contribution in [-0.4, -0.2) is 49.3 Å². The lowest BCUT2D eigenvalue weighted by Crippen LogP contribution is -2.52. The van der Waals surface area contributed by atoms with Crippen LogP contribution in [0.25, 0.3) is 0 Å². The molecule has 1 aromatic carbocycles. The molecule has 0 radical (unpaired) electrons. The lowest BCUT2D eigenvalue weighted by Gasteiger charge is -2.29. The van der Waals surface area contributed by atoms with Crippen molar-refractivity contribution in [1.29, 1.82) is 0 Å². The molecule has 1 heterocycles. The summed E-state index contributed by atoms with van der Waals surface area (Å²) in [5.41, 5.74) is 0.956. The number of unbranched alkanes of at least 4 members (excludes halogenated alkanes) is 7. The molecule has 8 heteroatoms. The Bertz CT molecular complexity index is 931. The Morgan fingerprint density at radius 2 is 1.54 bits per heavy atom. The zero-order valence-corrected chi connectivity index (χ0v) is 26.0. The molecule has 1 aliphatic heterocycles. The summed E-state index contributed by atoms with van der Waals surface area (Å²) < 4.78 is 38.9. The predicted molar refractivity (Wildman–Crippen MR) is 159 cm³/mol. The van der Waals surface area contributed by atoms with E-state index in [2.05, 4.69) is 46.3 Å². The van der Waals surface area contributed by atoms with Gasteiger partial charge >= 0.3 is 6.09 Å². The van der Waals surface area contributed by atoms with Crippen LogP contribution in [0.3, 0.4) is 0 Å². The molecule has 1 aromatic rings. The van der Waals surface area contributed by atoms with Crippen molar-refractivity contribution in [2.24, 2.45) is 0 Å². The topological polar surface area (TPSA) is 80.7 Å². The highest BCUT2D eigenvalue weighted by Gasteiger charge is 2.42. The maximum Gasteiger partial charge on any atom is 0.517 e. The first-order valence-corrected chi connectivity index (χ1v) is 16.4. The first kappa shape index (κ1) is 33.9. The molecule has 6 nitrogen and oxygen atoms in total. The SMILES string of the molecule is CCCCCCCCCCC(CCC)OC(=O)[N+]1(CC#CI)CCCC1.Cc1ccc(S(=O)(=O)O)cc1. The Balaban J connectivity index is 0.000000516. The molecule has 1 saturated heterocycles. The fraction of sp³-hybridized carbons (Fsp3) is 0.690. The Morgan fingerprint density at radius 1 is 0.973 bits per heavy atom. The molecular formula is C29H47INO5S+. The fourth-order valence-electron chi connectivity index (χ4n) is 4.58. The van der Waals surface area contributed by atoms with E-state index in [1.54, 1.807) is 12.1 Å². The zero-order chi connectivity index (χ0) is 27.6. The molecule has 1 aliphatic rings. The monoisotopic (exact) mass is 648 g/mol. The third-order valence-electron chi connectivity index (χ3n) is 6.83. The van der Waals surface area contributed by atoms with Crippen molar-refractivity contribution in [3.05, 3.63) is 29.8 Å². The highest BCUT2D eigenvalue weighted by Crippen LogP contribution is 2.24. The lowest BCUT2D eigenvalue weighted by atomic mass is 10.0. The van der Waals surface area contributed by atoms with Crippen molar-refractivity contribution in [3.63, 3.8) is 0 Å². The average Bonchev–Trinajstić information content (AvgIpc) is 3.35. The van der Waals surface area contributed by atoms with Crippen LogP contribution < -0.4 is 0 Å². The number of nitrogens with zero attached hydrogens (tertiary/aromatic N) is 1. The average molecular weight is 649 g/mol. The van der Waals surface area contributed by atoms with Gasteiger partial charge in [0.1, 0.15) is 6.10 Å². The van der Waals surface area contributed by atoms with Crippen molar-refractivity contribution >= 4 is 38.8 Å². The second-order valence-electron chi connectivity index (χ2n) is 10.1. The summed E-state index contributed by atoms with van der Waals surface area (Å²) in [6, 6.07) is 5.99. The van der Waals surface area contributed by atoms with Crippen molar-refractivity contribution < 1.29 is 27.0 Å². The zero-order valence-electron chi connectivity index (χ0n) is 23.0. The second kappa shape index (κ2) is 19.0. The van der Waals surface area contributed by atoms with Gasteiger partial charge < -0.3 is 4.74 Å². The summed E-state index contributed by atoms with van der Waals surface area (Å²) in [4.78, 5) is 12.8. The number of amides is 1. The Kier molecular flexibility index (Phi) is 17.4. The Hall–Kier alpha value is -1.15. The largest absolute Gasteiger partial charge is 0.517 e. The minimum absolute atomic E-state index is 0.0281. The van der Waals surface area contributed by atoms with Crippen LogP contribution in [0, 0.1) is 16.8 Å². The van der Waals surface area contributed by atoms with E-state index in [9.17, 15) is 13.2 Å². The van der Waals surface area contributed by atoms with Gasteiger partial charge in [-0.15, -0.1) is 0 Å². The van der Waals surface area contributed by atoms with Crippen LogP contribution in [0.4, 0.5) is 4.79 Å². The van der Waals surface area contributed by atoms with Gasteiger partial charge in [0.15, 0.2) is 6.54 Å². The van der Waals surface area contributed by atoms with Crippen LogP contribution in [0.5, 0.6) is 0 Å².